The van der Waals surface area contributed by atoms with E-state index >= 15 is 0 Å². The van der Waals surface area contributed by atoms with Gasteiger partial charge in [-0.1, -0.05) is 0 Å². The first-order valence-corrected chi connectivity index (χ1v) is 8.20. The van der Waals surface area contributed by atoms with E-state index in [0.717, 1.165) is 4.31 Å². The molecule has 0 bridgehead atoms. The van der Waals surface area contributed by atoms with Gasteiger partial charge in [-0.05, 0) is 36.1 Å². The van der Waals surface area contributed by atoms with E-state index in [2.05, 4.69) is 11.8 Å². The molecule has 0 radical (unpaired) electrons. The highest BCUT2D eigenvalue weighted by atomic mass is 32.4. The van der Waals surface area contributed by atoms with Gasteiger partial charge in [-0.3, -0.25) is 0 Å². The van der Waals surface area contributed by atoms with E-state index in [4.69, 9.17) is 9.42 Å². The predicted molar refractivity (Wildman–Crippen MR) is 65.8 cm³/mol. The van der Waals surface area contributed by atoms with Crippen molar-refractivity contribution < 1.29 is 17.8 Å². The van der Waals surface area contributed by atoms with Gasteiger partial charge >= 0.3 is 0 Å². The summed E-state index contributed by atoms with van der Waals surface area (Å²) in [5.41, 5.74) is 0. The largest absolute Gasteiger partial charge is 0.446 e. The van der Waals surface area contributed by atoms with E-state index in [-0.39, 0.29) is 4.90 Å². The van der Waals surface area contributed by atoms with Gasteiger partial charge in [-0.25, -0.2) is 12.7 Å². The third kappa shape index (κ3) is 3.26. The molecular weight excluding hydrogens is 269 g/mol. The first kappa shape index (κ1) is 13.6. The number of nitrogens with zero attached hydrogens (tertiary/aromatic N) is 1. The number of rotatable bonds is 4. The summed E-state index contributed by atoms with van der Waals surface area (Å²) in [6.07, 6.45) is 0. The molecule has 5 nitrogen and oxygen atoms in total. The second kappa shape index (κ2) is 5.25. The van der Waals surface area contributed by atoms with Gasteiger partial charge in [0, 0.05) is 14.1 Å². The van der Waals surface area contributed by atoms with Crippen LogP contribution in [0, 0.1) is 0 Å². The van der Waals surface area contributed by atoms with Gasteiger partial charge in [0.1, 0.15) is 5.75 Å². The highest BCUT2D eigenvalue weighted by Gasteiger charge is 2.16. The zero-order valence-electron chi connectivity index (χ0n) is 8.75. The zero-order chi connectivity index (χ0) is 12.3. The smallest absolute Gasteiger partial charge is 0.242 e. The third-order valence-electron chi connectivity index (χ3n) is 1.81. The summed E-state index contributed by atoms with van der Waals surface area (Å²) in [4.78, 5) is 9.06. The van der Waals surface area contributed by atoms with Gasteiger partial charge in [0.05, 0.1) is 4.90 Å². The van der Waals surface area contributed by atoms with Crippen molar-refractivity contribution in [2.45, 2.75) is 4.90 Å². The summed E-state index contributed by atoms with van der Waals surface area (Å²) >= 11 is 4.52. The summed E-state index contributed by atoms with van der Waals surface area (Å²) in [5.74, 6) is 0.365. The summed E-state index contributed by atoms with van der Waals surface area (Å²) in [6, 6.07) is 5.74. The number of hydrogen-bond acceptors (Lipinski definition) is 4. The summed E-state index contributed by atoms with van der Waals surface area (Å²) in [7, 11) is -2.74. The van der Waals surface area contributed by atoms with Crippen LogP contribution in [0.15, 0.2) is 29.2 Å². The SMILES string of the molecule is CN(C)S(=O)(=O)c1ccc(O[PH](O)=S)cc1. The molecule has 0 amide bonds. The van der Waals surface area contributed by atoms with Crippen LogP contribution in [0.1, 0.15) is 0 Å². The standard InChI is InChI=1S/C8H12NO4PS2/c1-9(2)16(11,12)8-5-3-7(4-6-8)13-14(10)15/h3-6,14H,1-2H3,(H,10,15). The fourth-order valence-electron chi connectivity index (χ4n) is 0.991. The van der Waals surface area contributed by atoms with Crippen molar-refractivity contribution >= 4 is 29.0 Å². The molecule has 0 fully saturated rings. The Morgan fingerprint density at radius 2 is 1.81 bits per heavy atom. The molecule has 1 atom stereocenters. The molecule has 0 aliphatic rings. The maximum Gasteiger partial charge on any atom is 0.242 e. The molecule has 8 heteroatoms. The lowest BCUT2D eigenvalue weighted by molar-refractivity contribution is 0.510. The normalized spacial score (nSPS) is 13.8. The molecule has 90 valence electrons. The molecule has 16 heavy (non-hydrogen) atoms. The van der Waals surface area contributed by atoms with E-state index in [1.54, 1.807) is 0 Å². The minimum Gasteiger partial charge on any atom is -0.446 e. The number of hydrogen-bond donors (Lipinski definition) is 1. The van der Waals surface area contributed by atoms with Crippen LogP contribution in [-0.4, -0.2) is 31.7 Å². The monoisotopic (exact) mass is 281 g/mol. The molecule has 1 N–H and O–H groups in total. The van der Waals surface area contributed by atoms with Gasteiger partial charge in [0.15, 0.2) is 0 Å². The van der Waals surface area contributed by atoms with Crippen LogP contribution < -0.4 is 4.52 Å². The van der Waals surface area contributed by atoms with E-state index < -0.39 is 17.2 Å². The molecule has 0 aromatic heterocycles. The van der Waals surface area contributed by atoms with Crippen molar-refractivity contribution in [1.82, 2.24) is 4.31 Å². The highest BCUT2D eigenvalue weighted by Crippen LogP contribution is 2.24. The summed E-state index contributed by atoms with van der Waals surface area (Å²) < 4.78 is 29.4. The van der Waals surface area contributed by atoms with Crippen LogP contribution in [0.2, 0.25) is 0 Å². The van der Waals surface area contributed by atoms with Crippen molar-refractivity contribution in [3.8, 4) is 5.75 Å². The molecule has 0 aliphatic heterocycles. The minimum atomic E-state index is -3.42. The number of benzene rings is 1. The maximum atomic E-state index is 11.7. The minimum absolute atomic E-state index is 0.168. The fraction of sp³-hybridized carbons (Fsp3) is 0.250. The Morgan fingerprint density at radius 1 is 1.31 bits per heavy atom. The van der Waals surface area contributed by atoms with E-state index in [1.807, 2.05) is 0 Å². The van der Waals surface area contributed by atoms with E-state index in [1.165, 1.54) is 38.4 Å². The van der Waals surface area contributed by atoms with Crippen LogP contribution in [0.4, 0.5) is 0 Å². The highest BCUT2D eigenvalue weighted by molar-refractivity contribution is 8.00. The lowest BCUT2D eigenvalue weighted by atomic mass is 10.3. The molecule has 0 saturated heterocycles. The van der Waals surface area contributed by atoms with Crippen molar-refractivity contribution in [3.63, 3.8) is 0 Å². The topological polar surface area (TPSA) is 66.8 Å². The van der Waals surface area contributed by atoms with Crippen LogP contribution >= 0.6 is 7.15 Å². The van der Waals surface area contributed by atoms with Crippen LogP contribution in [0.3, 0.4) is 0 Å². The van der Waals surface area contributed by atoms with Crippen molar-refractivity contribution in [1.29, 1.82) is 0 Å². The van der Waals surface area contributed by atoms with Crippen LogP contribution in [0.25, 0.3) is 0 Å². The predicted octanol–water partition coefficient (Wildman–Crippen LogP) is 0.814. The Hall–Kier alpha value is -0.460. The lowest BCUT2D eigenvalue weighted by Crippen LogP contribution is -2.22. The molecule has 1 aromatic rings. The second-order valence-electron chi connectivity index (χ2n) is 3.13. The Kier molecular flexibility index (Phi) is 4.46. The van der Waals surface area contributed by atoms with E-state index in [0.29, 0.717) is 5.75 Å². The third-order valence-corrected chi connectivity index (χ3v) is 4.30. The molecule has 0 heterocycles. The average Bonchev–Trinajstić information content (AvgIpc) is 2.17. The molecule has 0 saturated carbocycles. The zero-order valence-corrected chi connectivity index (χ0v) is 11.4. The Balaban J connectivity index is 3.00. The summed E-state index contributed by atoms with van der Waals surface area (Å²) in [6.45, 7) is 0. The lowest BCUT2D eigenvalue weighted by Gasteiger charge is -2.11. The molecule has 0 spiro atoms. The first-order chi connectivity index (χ1) is 7.34. The molecule has 0 aliphatic carbocycles. The molecular formula is C8H12NO4PS2. The second-order valence-corrected chi connectivity index (χ2v) is 7.06. The Labute approximate surface area is 100 Å². The Bertz CT molecular complexity index is 483. The van der Waals surface area contributed by atoms with Crippen LogP contribution in [0.5, 0.6) is 5.75 Å². The molecule has 1 aromatic carbocycles. The Morgan fingerprint density at radius 3 is 2.19 bits per heavy atom. The maximum absolute atomic E-state index is 11.7. The van der Waals surface area contributed by atoms with Crippen molar-refractivity contribution in [2.24, 2.45) is 0 Å². The first-order valence-electron chi connectivity index (χ1n) is 4.27. The van der Waals surface area contributed by atoms with Crippen molar-refractivity contribution in [3.05, 3.63) is 24.3 Å². The van der Waals surface area contributed by atoms with Gasteiger partial charge < -0.3 is 9.42 Å². The summed E-state index contributed by atoms with van der Waals surface area (Å²) in [5, 5.41) is 0. The van der Waals surface area contributed by atoms with Crippen LogP contribution in [-0.2, 0) is 21.8 Å². The fourth-order valence-corrected chi connectivity index (χ4v) is 2.52. The van der Waals surface area contributed by atoms with E-state index in [9.17, 15) is 8.42 Å². The van der Waals surface area contributed by atoms with Crippen molar-refractivity contribution in [2.75, 3.05) is 14.1 Å². The van der Waals surface area contributed by atoms with Gasteiger partial charge in [-0.15, -0.1) is 0 Å². The average molecular weight is 281 g/mol. The molecule has 1 unspecified atom stereocenters. The van der Waals surface area contributed by atoms with Gasteiger partial charge in [0.25, 0.3) is 0 Å². The quantitative estimate of drug-likeness (QED) is 0.827. The van der Waals surface area contributed by atoms with Gasteiger partial charge in [0.2, 0.25) is 17.2 Å². The number of sulfonamides is 1. The van der Waals surface area contributed by atoms with Gasteiger partial charge in [-0.2, -0.15) is 0 Å². The molecule has 1 rings (SSSR count).